The topological polar surface area (TPSA) is 56.7 Å². The van der Waals surface area contributed by atoms with E-state index in [1.807, 2.05) is 4.90 Å². The van der Waals surface area contributed by atoms with Gasteiger partial charge in [-0.25, -0.2) is 4.99 Å². The van der Waals surface area contributed by atoms with E-state index in [1.165, 1.54) is 21.6 Å². The number of nitrogens with one attached hydrogen (secondary N) is 2. The van der Waals surface area contributed by atoms with Gasteiger partial charge in [-0.15, -0.1) is 35.3 Å². The zero-order valence-electron chi connectivity index (χ0n) is 17.2. The first kappa shape index (κ1) is 23.7. The van der Waals surface area contributed by atoms with Crippen LogP contribution in [0.1, 0.15) is 41.3 Å². The van der Waals surface area contributed by atoms with Gasteiger partial charge in [0.25, 0.3) is 0 Å². The SMILES string of the molecule is CCNC(=NCc1sccc1C)NCCCC(=O)N1CCc2ccccc2C1.I. The van der Waals surface area contributed by atoms with Gasteiger partial charge in [-0.3, -0.25) is 4.79 Å². The first-order valence-corrected chi connectivity index (χ1v) is 10.9. The van der Waals surface area contributed by atoms with Gasteiger partial charge in [0.2, 0.25) is 5.91 Å². The minimum absolute atomic E-state index is 0. The highest BCUT2D eigenvalue weighted by molar-refractivity contribution is 14.0. The average molecular weight is 526 g/mol. The van der Waals surface area contributed by atoms with E-state index in [1.54, 1.807) is 11.3 Å². The summed E-state index contributed by atoms with van der Waals surface area (Å²) in [5, 5.41) is 8.73. The molecule has 2 aromatic rings. The van der Waals surface area contributed by atoms with E-state index in [0.29, 0.717) is 13.0 Å². The predicted molar refractivity (Wildman–Crippen MR) is 132 cm³/mol. The number of aliphatic imine (C=N–C) groups is 1. The molecule has 0 atom stereocenters. The maximum Gasteiger partial charge on any atom is 0.222 e. The Balaban J connectivity index is 0.00000300. The van der Waals surface area contributed by atoms with Crippen molar-refractivity contribution in [3.8, 4) is 0 Å². The molecular weight excluding hydrogens is 495 g/mol. The third kappa shape index (κ3) is 6.99. The number of benzene rings is 1. The van der Waals surface area contributed by atoms with Crippen LogP contribution in [0.3, 0.4) is 0 Å². The molecule has 0 radical (unpaired) electrons. The highest BCUT2D eigenvalue weighted by Gasteiger charge is 2.19. The van der Waals surface area contributed by atoms with Gasteiger partial charge in [-0.05, 0) is 54.8 Å². The van der Waals surface area contributed by atoms with Crippen LogP contribution in [-0.4, -0.2) is 36.4 Å². The van der Waals surface area contributed by atoms with Crippen LogP contribution in [0, 0.1) is 6.92 Å². The van der Waals surface area contributed by atoms with Crippen molar-refractivity contribution in [3.05, 3.63) is 57.3 Å². The summed E-state index contributed by atoms with van der Waals surface area (Å²) in [6, 6.07) is 10.5. The minimum atomic E-state index is 0. The molecule has 3 rings (SSSR count). The number of carbonyl (C=O) groups is 1. The number of halogens is 1. The van der Waals surface area contributed by atoms with Gasteiger partial charge in [0, 0.05) is 37.5 Å². The second-order valence-electron chi connectivity index (χ2n) is 7.09. The number of hydrogen-bond donors (Lipinski definition) is 2. The predicted octanol–water partition coefficient (Wildman–Crippen LogP) is 4.09. The van der Waals surface area contributed by atoms with Crippen molar-refractivity contribution in [1.82, 2.24) is 15.5 Å². The Kier molecular flexibility index (Phi) is 9.93. The van der Waals surface area contributed by atoms with Crippen LogP contribution >= 0.6 is 35.3 Å². The largest absolute Gasteiger partial charge is 0.357 e. The Morgan fingerprint density at radius 1 is 1.21 bits per heavy atom. The molecule has 2 heterocycles. The summed E-state index contributed by atoms with van der Waals surface area (Å²) in [5.74, 6) is 1.06. The number of amides is 1. The molecular formula is C22H31IN4OS. The molecule has 0 aliphatic carbocycles. The third-order valence-corrected chi connectivity index (χ3v) is 6.04. The van der Waals surface area contributed by atoms with Crippen molar-refractivity contribution >= 4 is 47.2 Å². The molecule has 1 aliphatic heterocycles. The first-order chi connectivity index (χ1) is 13.7. The summed E-state index contributed by atoms with van der Waals surface area (Å²) in [6.45, 7) is 8.00. The number of nitrogens with zero attached hydrogens (tertiary/aromatic N) is 2. The number of carbonyl (C=O) groups excluding carboxylic acids is 1. The molecule has 0 spiro atoms. The summed E-state index contributed by atoms with van der Waals surface area (Å²) < 4.78 is 0. The van der Waals surface area contributed by atoms with Crippen LogP contribution in [0.4, 0.5) is 0 Å². The highest BCUT2D eigenvalue weighted by atomic mass is 127. The summed E-state index contributed by atoms with van der Waals surface area (Å²) >= 11 is 1.74. The standard InChI is InChI=1S/C22H30N4OS.HI/c1-3-23-22(25-15-20-17(2)11-14-28-20)24-12-6-9-21(27)26-13-10-18-7-4-5-8-19(18)16-26;/h4-5,7-8,11,14H,3,6,9-10,12-13,15-16H2,1-2H3,(H2,23,24,25);1H. The molecule has 1 aliphatic rings. The van der Waals surface area contributed by atoms with E-state index < -0.39 is 0 Å². The van der Waals surface area contributed by atoms with E-state index in [4.69, 9.17) is 0 Å². The smallest absolute Gasteiger partial charge is 0.222 e. The number of rotatable bonds is 7. The minimum Gasteiger partial charge on any atom is -0.357 e. The van der Waals surface area contributed by atoms with Crippen LogP contribution < -0.4 is 10.6 Å². The quantitative estimate of drug-likeness (QED) is 0.247. The molecule has 7 heteroatoms. The van der Waals surface area contributed by atoms with Crippen molar-refractivity contribution in [2.24, 2.45) is 4.99 Å². The van der Waals surface area contributed by atoms with Crippen LogP contribution in [0.5, 0.6) is 0 Å². The Labute approximate surface area is 195 Å². The molecule has 0 unspecified atom stereocenters. The zero-order valence-corrected chi connectivity index (χ0v) is 20.4. The second kappa shape index (κ2) is 12.2. The van der Waals surface area contributed by atoms with Crippen LogP contribution in [0.25, 0.3) is 0 Å². The van der Waals surface area contributed by atoms with Gasteiger partial charge in [-0.1, -0.05) is 24.3 Å². The van der Waals surface area contributed by atoms with E-state index in [2.05, 4.69) is 65.2 Å². The molecule has 0 bridgehead atoms. The molecule has 29 heavy (non-hydrogen) atoms. The summed E-state index contributed by atoms with van der Waals surface area (Å²) in [4.78, 5) is 20.5. The zero-order chi connectivity index (χ0) is 19.8. The molecule has 1 aromatic heterocycles. The molecule has 0 fully saturated rings. The fourth-order valence-electron chi connectivity index (χ4n) is 3.37. The van der Waals surface area contributed by atoms with Crippen molar-refractivity contribution in [1.29, 1.82) is 0 Å². The van der Waals surface area contributed by atoms with Gasteiger partial charge in [0.05, 0.1) is 6.54 Å². The first-order valence-electron chi connectivity index (χ1n) is 10.1. The lowest BCUT2D eigenvalue weighted by Crippen LogP contribution is -2.39. The van der Waals surface area contributed by atoms with Gasteiger partial charge in [0.1, 0.15) is 0 Å². The summed E-state index contributed by atoms with van der Waals surface area (Å²) in [6.07, 6.45) is 2.33. The monoisotopic (exact) mass is 526 g/mol. The van der Waals surface area contributed by atoms with Crippen molar-refractivity contribution < 1.29 is 4.79 Å². The van der Waals surface area contributed by atoms with Crippen molar-refractivity contribution in [2.45, 2.75) is 46.2 Å². The number of hydrogen-bond acceptors (Lipinski definition) is 3. The van der Waals surface area contributed by atoms with E-state index in [0.717, 1.165) is 45.0 Å². The molecule has 0 saturated heterocycles. The van der Waals surface area contributed by atoms with Gasteiger partial charge < -0.3 is 15.5 Å². The number of thiophene rings is 1. The molecule has 1 amide bonds. The fraction of sp³-hybridized carbons (Fsp3) is 0.455. The average Bonchev–Trinajstić information content (AvgIpc) is 3.13. The maximum absolute atomic E-state index is 12.6. The number of fused-ring (bicyclic) bond motifs is 1. The molecule has 158 valence electrons. The van der Waals surface area contributed by atoms with Crippen LogP contribution in [0.15, 0.2) is 40.7 Å². The van der Waals surface area contributed by atoms with Crippen LogP contribution in [-0.2, 0) is 24.3 Å². The third-order valence-electron chi connectivity index (χ3n) is 5.04. The van der Waals surface area contributed by atoms with Crippen LogP contribution in [0.2, 0.25) is 0 Å². The Hall–Kier alpha value is -1.61. The molecule has 1 aromatic carbocycles. The number of aryl methyl sites for hydroxylation is 1. The van der Waals surface area contributed by atoms with Gasteiger partial charge in [-0.2, -0.15) is 0 Å². The second-order valence-corrected chi connectivity index (χ2v) is 8.09. The Bertz CT molecular complexity index is 821. The van der Waals surface area contributed by atoms with Crippen molar-refractivity contribution in [3.63, 3.8) is 0 Å². The lowest BCUT2D eigenvalue weighted by Gasteiger charge is -2.29. The Morgan fingerprint density at radius 3 is 2.72 bits per heavy atom. The maximum atomic E-state index is 12.6. The van der Waals surface area contributed by atoms with E-state index >= 15 is 0 Å². The van der Waals surface area contributed by atoms with E-state index in [-0.39, 0.29) is 29.9 Å². The van der Waals surface area contributed by atoms with Gasteiger partial charge >= 0.3 is 0 Å². The normalized spacial score (nSPS) is 13.4. The van der Waals surface area contributed by atoms with Crippen molar-refractivity contribution in [2.75, 3.05) is 19.6 Å². The van der Waals surface area contributed by atoms with Gasteiger partial charge in [0.15, 0.2) is 5.96 Å². The Morgan fingerprint density at radius 2 is 2.00 bits per heavy atom. The summed E-state index contributed by atoms with van der Waals surface area (Å²) in [5.41, 5.74) is 3.95. The fourth-order valence-corrected chi connectivity index (χ4v) is 4.20. The number of guanidine groups is 1. The highest BCUT2D eigenvalue weighted by Crippen LogP contribution is 2.19. The lowest BCUT2D eigenvalue weighted by atomic mass is 9.99. The lowest BCUT2D eigenvalue weighted by molar-refractivity contribution is -0.132. The molecule has 2 N–H and O–H groups in total. The molecule has 5 nitrogen and oxygen atoms in total. The molecule has 0 saturated carbocycles. The van der Waals surface area contributed by atoms with E-state index in [9.17, 15) is 4.79 Å². The summed E-state index contributed by atoms with van der Waals surface area (Å²) in [7, 11) is 0.